The van der Waals surface area contributed by atoms with Crippen LogP contribution in [0.15, 0.2) is 48.5 Å². The Hall–Kier alpha value is -3.74. The molecule has 0 unspecified atom stereocenters. The molecule has 0 bridgehead atoms. The van der Waals surface area contributed by atoms with E-state index in [0.717, 1.165) is 16.8 Å². The number of aromatic nitrogens is 2. The number of ether oxygens (including phenoxy) is 1. The van der Waals surface area contributed by atoms with Gasteiger partial charge in [-0.3, -0.25) is 4.79 Å². The maximum absolute atomic E-state index is 12.8. The summed E-state index contributed by atoms with van der Waals surface area (Å²) in [6.45, 7) is 5.59. The summed E-state index contributed by atoms with van der Waals surface area (Å²) in [5, 5.41) is 5.97. The number of carbonyl (C=O) groups is 2. The predicted octanol–water partition coefficient (Wildman–Crippen LogP) is 4.18. The maximum Gasteiger partial charge on any atom is 0.339 e. The second kappa shape index (κ2) is 8.52. The van der Waals surface area contributed by atoms with Gasteiger partial charge in [0, 0.05) is 11.8 Å². The van der Waals surface area contributed by atoms with E-state index in [4.69, 9.17) is 4.74 Å². The molecule has 2 aromatic carbocycles. The number of methoxy groups -OCH3 is 1. The highest BCUT2D eigenvalue weighted by atomic mass is 16.5. The molecule has 7 nitrogen and oxygen atoms in total. The van der Waals surface area contributed by atoms with Crippen LogP contribution in [-0.4, -0.2) is 29.0 Å². The maximum atomic E-state index is 12.8. The lowest BCUT2D eigenvalue weighted by atomic mass is 10.1. The number of hydrogen-bond donors (Lipinski definition) is 2. The fourth-order valence-corrected chi connectivity index (χ4v) is 2.82. The van der Waals surface area contributed by atoms with Gasteiger partial charge in [0.1, 0.15) is 17.3 Å². The first-order chi connectivity index (χ1) is 13.9. The number of nitrogens with one attached hydrogen (secondary N) is 2. The third-order valence-corrected chi connectivity index (χ3v) is 4.31. The zero-order valence-electron chi connectivity index (χ0n) is 16.7. The molecule has 1 aromatic heterocycles. The summed E-state index contributed by atoms with van der Waals surface area (Å²) in [6, 6.07) is 14.3. The molecule has 0 atom stereocenters. The summed E-state index contributed by atoms with van der Waals surface area (Å²) in [5.74, 6) is 0.0249. The second-order valence-electron chi connectivity index (χ2n) is 6.62. The highest BCUT2D eigenvalue weighted by molar-refractivity contribution is 6.04. The van der Waals surface area contributed by atoms with Crippen LogP contribution in [0.1, 0.15) is 37.8 Å². The Morgan fingerprint density at radius 3 is 2.45 bits per heavy atom. The number of hydrogen-bond acceptors (Lipinski definition) is 6. The molecule has 7 heteroatoms. The third-order valence-electron chi connectivity index (χ3n) is 4.31. The average molecular weight is 390 g/mol. The van der Waals surface area contributed by atoms with Gasteiger partial charge in [0.15, 0.2) is 0 Å². The van der Waals surface area contributed by atoms with Crippen molar-refractivity contribution in [1.29, 1.82) is 0 Å². The van der Waals surface area contributed by atoms with Crippen molar-refractivity contribution in [3.8, 4) is 0 Å². The first kappa shape index (κ1) is 20.0. The normalized spacial score (nSPS) is 10.3. The number of aryl methyl sites for hydroxylation is 3. The van der Waals surface area contributed by atoms with E-state index in [2.05, 4.69) is 20.6 Å². The first-order valence-corrected chi connectivity index (χ1v) is 9.06. The van der Waals surface area contributed by atoms with Gasteiger partial charge in [0.2, 0.25) is 0 Å². The van der Waals surface area contributed by atoms with Crippen molar-refractivity contribution in [1.82, 2.24) is 9.97 Å². The fourth-order valence-electron chi connectivity index (χ4n) is 2.82. The van der Waals surface area contributed by atoms with Crippen molar-refractivity contribution in [2.24, 2.45) is 0 Å². The van der Waals surface area contributed by atoms with Crippen LogP contribution in [0.2, 0.25) is 0 Å². The smallest absolute Gasteiger partial charge is 0.339 e. The van der Waals surface area contributed by atoms with Gasteiger partial charge in [0.05, 0.1) is 18.4 Å². The lowest BCUT2D eigenvalue weighted by Crippen LogP contribution is -2.16. The zero-order valence-corrected chi connectivity index (χ0v) is 16.7. The first-order valence-electron chi connectivity index (χ1n) is 9.06. The molecule has 0 aliphatic heterocycles. The van der Waals surface area contributed by atoms with E-state index < -0.39 is 5.97 Å². The molecule has 1 amide bonds. The Balaban J connectivity index is 1.88. The largest absolute Gasteiger partial charge is 0.465 e. The Morgan fingerprint density at radius 1 is 0.931 bits per heavy atom. The van der Waals surface area contributed by atoms with Gasteiger partial charge in [-0.1, -0.05) is 24.3 Å². The molecule has 0 aliphatic carbocycles. The number of amides is 1. The molecule has 0 spiro atoms. The second-order valence-corrected chi connectivity index (χ2v) is 6.62. The number of benzene rings is 2. The molecule has 1 heterocycles. The molecule has 148 valence electrons. The molecule has 0 aliphatic rings. The standard InChI is InChI=1S/C22H22N4O3/c1-13-9-10-14(2)18(11-13)26-21(27)19-12-20(24-15(3)23-19)25-17-8-6-5-7-16(17)22(28)29-4/h5-12H,1-4H3,(H,26,27)(H,23,24,25). The van der Waals surface area contributed by atoms with E-state index in [-0.39, 0.29) is 11.6 Å². The van der Waals surface area contributed by atoms with Crippen LogP contribution in [-0.2, 0) is 4.74 Å². The molecular weight excluding hydrogens is 368 g/mol. The number of carbonyl (C=O) groups excluding carboxylic acids is 2. The van der Waals surface area contributed by atoms with Crippen molar-refractivity contribution in [3.05, 3.63) is 76.7 Å². The van der Waals surface area contributed by atoms with Gasteiger partial charge in [-0.2, -0.15) is 0 Å². The van der Waals surface area contributed by atoms with E-state index in [1.54, 1.807) is 37.3 Å². The van der Waals surface area contributed by atoms with E-state index in [1.807, 2.05) is 32.0 Å². The summed E-state index contributed by atoms with van der Waals surface area (Å²) < 4.78 is 4.81. The number of rotatable bonds is 5. The van der Waals surface area contributed by atoms with Crippen LogP contribution < -0.4 is 10.6 Å². The van der Waals surface area contributed by atoms with Crippen LogP contribution in [0, 0.1) is 20.8 Å². The fraction of sp³-hybridized carbons (Fsp3) is 0.182. The quantitative estimate of drug-likeness (QED) is 0.635. The topological polar surface area (TPSA) is 93.2 Å². The Bertz CT molecular complexity index is 1080. The Morgan fingerprint density at radius 2 is 1.69 bits per heavy atom. The number of esters is 1. The minimum Gasteiger partial charge on any atom is -0.465 e. The number of nitrogens with zero attached hydrogens (tertiary/aromatic N) is 2. The van der Waals surface area contributed by atoms with Gasteiger partial charge in [-0.15, -0.1) is 0 Å². The zero-order chi connectivity index (χ0) is 21.0. The summed E-state index contributed by atoms with van der Waals surface area (Å²) in [6.07, 6.45) is 0. The summed E-state index contributed by atoms with van der Waals surface area (Å²) in [7, 11) is 1.32. The van der Waals surface area contributed by atoms with Gasteiger partial charge in [-0.05, 0) is 50.1 Å². The van der Waals surface area contributed by atoms with Crippen LogP contribution in [0.3, 0.4) is 0 Å². The van der Waals surface area contributed by atoms with Gasteiger partial charge in [-0.25, -0.2) is 14.8 Å². The monoisotopic (exact) mass is 390 g/mol. The molecule has 0 saturated heterocycles. The Kier molecular flexibility index (Phi) is 5.87. The highest BCUT2D eigenvalue weighted by Gasteiger charge is 2.15. The van der Waals surface area contributed by atoms with Crippen molar-refractivity contribution < 1.29 is 14.3 Å². The SMILES string of the molecule is COC(=O)c1ccccc1Nc1cc(C(=O)Nc2cc(C)ccc2C)nc(C)n1. The van der Waals surface area contributed by atoms with Gasteiger partial charge in [0.25, 0.3) is 5.91 Å². The predicted molar refractivity (Wildman–Crippen MR) is 112 cm³/mol. The molecule has 2 N–H and O–H groups in total. The molecule has 0 saturated carbocycles. The highest BCUT2D eigenvalue weighted by Crippen LogP contribution is 2.22. The van der Waals surface area contributed by atoms with Crippen molar-refractivity contribution in [3.63, 3.8) is 0 Å². The van der Waals surface area contributed by atoms with Crippen LogP contribution in [0.25, 0.3) is 0 Å². The molecule has 0 radical (unpaired) electrons. The van der Waals surface area contributed by atoms with Gasteiger partial charge >= 0.3 is 5.97 Å². The molecule has 3 aromatic rings. The summed E-state index contributed by atoms with van der Waals surface area (Å²) in [4.78, 5) is 33.3. The molecule has 0 fully saturated rings. The average Bonchev–Trinajstić information content (AvgIpc) is 2.70. The lowest BCUT2D eigenvalue weighted by Gasteiger charge is -2.12. The summed E-state index contributed by atoms with van der Waals surface area (Å²) >= 11 is 0. The third kappa shape index (κ3) is 4.76. The minimum absolute atomic E-state index is 0.219. The van der Waals surface area contributed by atoms with Crippen molar-refractivity contribution >= 4 is 29.1 Å². The van der Waals surface area contributed by atoms with Gasteiger partial charge < -0.3 is 15.4 Å². The molecule has 3 rings (SSSR count). The summed E-state index contributed by atoms with van der Waals surface area (Å²) in [5.41, 5.74) is 3.85. The van der Waals surface area contributed by atoms with Crippen LogP contribution in [0.5, 0.6) is 0 Å². The number of para-hydroxylation sites is 1. The molecule has 29 heavy (non-hydrogen) atoms. The number of anilines is 3. The Labute approximate surface area is 169 Å². The lowest BCUT2D eigenvalue weighted by molar-refractivity contribution is 0.0601. The molecular formula is C22H22N4O3. The van der Waals surface area contributed by atoms with E-state index in [0.29, 0.717) is 22.9 Å². The van der Waals surface area contributed by atoms with E-state index in [1.165, 1.54) is 7.11 Å². The van der Waals surface area contributed by atoms with E-state index >= 15 is 0 Å². The van der Waals surface area contributed by atoms with Crippen LogP contribution >= 0.6 is 0 Å². The van der Waals surface area contributed by atoms with Crippen molar-refractivity contribution in [2.45, 2.75) is 20.8 Å². The minimum atomic E-state index is -0.466. The van der Waals surface area contributed by atoms with Crippen molar-refractivity contribution in [2.75, 3.05) is 17.7 Å². The van der Waals surface area contributed by atoms with Crippen LogP contribution in [0.4, 0.5) is 17.2 Å². The van der Waals surface area contributed by atoms with E-state index in [9.17, 15) is 9.59 Å².